The van der Waals surface area contributed by atoms with Crippen molar-refractivity contribution in [1.29, 1.82) is 0 Å². The molecule has 0 fully saturated rings. The molecule has 3 rings (SSSR count). The maximum Gasteiger partial charge on any atom is 0.289 e. The van der Waals surface area contributed by atoms with Gasteiger partial charge in [-0.05, 0) is 38.3 Å². The minimum atomic E-state index is -1.06. The first-order chi connectivity index (χ1) is 12.9. The quantitative estimate of drug-likeness (QED) is 0.475. The van der Waals surface area contributed by atoms with E-state index in [-0.39, 0.29) is 42.3 Å². The smallest absolute Gasteiger partial charge is 0.289 e. The Kier molecular flexibility index (Phi) is 7.20. The third kappa shape index (κ3) is 3.92. The Bertz CT molecular complexity index is 864. The first-order valence-electron chi connectivity index (χ1n) is 9.56. The molecule has 0 bridgehead atoms. The van der Waals surface area contributed by atoms with Crippen LogP contribution < -0.4 is 33.9 Å². The number of anilines is 1. The van der Waals surface area contributed by atoms with Gasteiger partial charge in [0.15, 0.2) is 6.20 Å². The summed E-state index contributed by atoms with van der Waals surface area (Å²) in [5.74, 6) is -0.199. The van der Waals surface area contributed by atoms with Crippen molar-refractivity contribution < 1.29 is 38.1 Å². The Morgan fingerprint density at radius 2 is 1.86 bits per heavy atom. The molecule has 28 heavy (non-hydrogen) atoms. The number of aryl methyl sites for hydroxylation is 2. The molecule has 1 aliphatic rings. The second-order valence-corrected chi connectivity index (χ2v) is 7.41. The van der Waals surface area contributed by atoms with Gasteiger partial charge in [0.05, 0.1) is 0 Å². The molecular formula is C22H28IN3O2. The van der Waals surface area contributed by atoms with Crippen molar-refractivity contribution in [1.82, 2.24) is 4.90 Å². The zero-order valence-electron chi connectivity index (χ0n) is 17.0. The first-order valence-corrected chi connectivity index (χ1v) is 9.56. The number of pyridine rings is 1. The van der Waals surface area contributed by atoms with Gasteiger partial charge < -0.3 is 34.2 Å². The Labute approximate surface area is 184 Å². The molecule has 1 aromatic carbocycles. The minimum absolute atomic E-state index is 0. The lowest BCUT2D eigenvalue weighted by molar-refractivity contribution is -0.701. The molecule has 1 atom stereocenters. The van der Waals surface area contributed by atoms with E-state index in [4.69, 9.17) is 0 Å². The summed E-state index contributed by atoms with van der Waals surface area (Å²) in [6.07, 6.45) is 3.70. The van der Waals surface area contributed by atoms with Crippen molar-refractivity contribution in [2.24, 2.45) is 0 Å². The van der Waals surface area contributed by atoms with Crippen LogP contribution in [0.15, 0.2) is 42.6 Å². The number of amides is 2. The highest BCUT2D eigenvalue weighted by molar-refractivity contribution is 6.01. The third-order valence-corrected chi connectivity index (χ3v) is 5.48. The molecule has 1 aromatic heterocycles. The van der Waals surface area contributed by atoms with Crippen LogP contribution >= 0.6 is 0 Å². The second kappa shape index (κ2) is 9.03. The van der Waals surface area contributed by atoms with Crippen molar-refractivity contribution >= 4 is 17.5 Å². The van der Waals surface area contributed by atoms with Crippen LogP contribution in [0.1, 0.15) is 43.5 Å². The van der Waals surface area contributed by atoms with Crippen molar-refractivity contribution in [3.63, 3.8) is 0 Å². The molecule has 0 spiro atoms. The van der Waals surface area contributed by atoms with Crippen molar-refractivity contribution in [2.75, 3.05) is 11.9 Å². The van der Waals surface area contributed by atoms with E-state index in [9.17, 15) is 9.59 Å². The Morgan fingerprint density at radius 1 is 1.18 bits per heavy atom. The van der Waals surface area contributed by atoms with Gasteiger partial charge in [-0.15, -0.1) is 0 Å². The number of halogens is 1. The summed E-state index contributed by atoms with van der Waals surface area (Å²) in [4.78, 5) is 28.2. The van der Waals surface area contributed by atoms with Crippen LogP contribution in [-0.2, 0) is 21.7 Å². The van der Waals surface area contributed by atoms with Crippen LogP contribution in [-0.4, -0.2) is 23.3 Å². The predicted octanol–water partition coefficient (Wildman–Crippen LogP) is 0.0911. The van der Waals surface area contributed by atoms with E-state index in [1.165, 1.54) is 0 Å². The lowest BCUT2D eigenvalue weighted by atomic mass is 9.89. The van der Waals surface area contributed by atoms with Gasteiger partial charge in [0, 0.05) is 24.4 Å². The van der Waals surface area contributed by atoms with Gasteiger partial charge in [-0.1, -0.05) is 37.6 Å². The lowest BCUT2D eigenvalue weighted by Crippen LogP contribution is -3.00. The lowest BCUT2D eigenvalue weighted by Gasteiger charge is -2.40. The van der Waals surface area contributed by atoms with Crippen molar-refractivity contribution in [3.05, 3.63) is 59.4 Å². The minimum Gasteiger partial charge on any atom is -1.00 e. The van der Waals surface area contributed by atoms with E-state index < -0.39 is 5.54 Å². The molecule has 0 saturated carbocycles. The monoisotopic (exact) mass is 493 g/mol. The summed E-state index contributed by atoms with van der Waals surface area (Å²) in [5.41, 5.74) is 2.62. The number of nitrogens with one attached hydrogen (secondary N) is 1. The van der Waals surface area contributed by atoms with E-state index in [0.29, 0.717) is 6.54 Å². The van der Waals surface area contributed by atoms with Crippen LogP contribution in [0.5, 0.6) is 0 Å². The molecular weight excluding hydrogens is 465 g/mol. The van der Waals surface area contributed by atoms with Gasteiger partial charge in [0.2, 0.25) is 17.8 Å². The van der Waals surface area contributed by atoms with Crippen LogP contribution in [0.2, 0.25) is 0 Å². The van der Waals surface area contributed by atoms with Gasteiger partial charge in [-0.25, -0.2) is 0 Å². The number of fused-ring (bicyclic) bond motifs is 1. The number of para-hydroxylation sites is 1. The van der Waals surface area contributed by atoms with Gasteiger partial charge in [0.25, 0.3) is 11.8 Å². The van der Waals surface area contributed by atoms with Gasteiger partial charge in [-0.3, -0.25) is 9.59 Å². The SMILES string of the molecule is CCCCN1C(=O)C[n+]2ccccc2C1(C)C(=O)Nc1c(C)cccc1C.[I-]. The molecule has 150 valence electrons. The molecule has 6 heteroatoms. The molecule has 1 unspecified atom stereocenters. The summed E-state index contributed by atoms with van der Waals surface area (Å²) in [6.45, 7) is 8.75. The van der Waals surface area contributed by atoms with Crippen LogP contribution in [0.4, 0.5) is 5.69 Å². The summed E-state index contributed by atoms with van der Waals surface area (Å²) in [7, 11) is 0. The highest BCUT2D eigenvalue weighted by Gasteiger charge is 2.53. The molecule has 2 heterocycles. The number of aromatic nitrogens is 1. The predicted molar refractivity (Wildman–Crippen MR) is 105 cm³/mol. The number of carbonyl (C=O) groups is 2. The van der Waals surface area contributed by atoms with E-state index in [1.54, 1.807) is 4.90 Å². The Hall–Kier alpha value is -1.96. The molecule has 0 radical (unpaired) electrons. The molecule has 0 aliphatic carbocycles. The third-order valence-electron chi connectivity index (χ3n) is 5.48. The van der Waals surface area contributed by atoms with Crippen molar-refractivity contribution in [2.45, 2.75) is 52.6 Å². The average Bonchev–Trinajstić information content (AvgIpc) is 2.64. The fourth-order valence-corrected chi connectivity index (χ4v) is 3.83. The highest BCUT2D eigenvalue weighted by Crippen LogP contribution is 2.32. The number of hydrogen-bond acceptors (Lipinski definition) is 2. The fraction of sp³-hybridized carbons (Fsp3) is 0.409. The number of benzene rings is 1. The fourth-order valence-electron chi connectivity index (χ4n) is 3.83. The zero-order chi connectivity index (χ0) is 19.6. The Balaban J connectivity index is 0.00000280. The van der Waals surface area contributed by atoms with Gasteiger partial charge in [0.1, 0.15) is 0 Å². The number of nitrogens with zero attached hydrogens (tertiary/aromatic N) is 2. The molecule has 1 aliphatic heterocycles. The molecule has 0 saturated heterocycles. The second-order valence-electron chi connectivity index (χ2n) is 7.41. The van der Waals surface area contributed by atoms with Gasteiger partial charge in [-0.2, -0.15) is 4.57 Å². The summed E-state index contributed by atoms with van der Waals surface area (Å²) in [5, 5.41) is 3.11. The number of rotatable bonds is 5. The molecule has 2 aromatic rings. The maximum atomic E-state index is 13.6. The van der Waals surface area contributed by atoms with Crippen LogP contribution in [0.3, 0.4) is 0 Å². The molecule has 2 amide bonds. The van der Waals surface area contributed by atoms with E-state index in [2.05, 4.69) is 12.2 Å². The number of unbranched alkanes of at least 4 members (excludes halogenated alkanes) is 1. The summed E-state index contributed by atoms with van der Waals surface area (Å²) in [6, 6.07) is 11.7. The van der Waals surface area contributed by atoms with Crippen LogP contribution in [0.25, 0.3) is 0 Å². The topological polar surface area (TPSA) is 53.3 Å². The van der Waals surface area contributed by atoms with Gasteiger partial charge >= 0.3 is 0 Å². The normalized spacial score (nSPS) is 18.3. The maximum absolute atomic E-state index is 13.6. The van der Waals surface area contributed by atoms with E-state index in [1.807, 2.05) is 67.9 Å². The molecule has 5 nitrogen and oxygen atoms in total. The van der Waals surface area contributed by atoms with E-state index in [0.717, 1.165) is 35.3 Å². The van der Waals surface area contributed by atoms with Crippen molar-refractivity contribution in [3.8, 4) is 0 Å². The number of carbonyl (C=O) groups excluding carboxylic acids is 2. The zero-order valence-corrected chi connectivity index (χ0v) is 19.1. The average molecular weight is 493 g/mol. The number of hydrogen-bond donors (Lipinski definition) is 1. The van der Waals surface area contributed by atoms with Crippen LogP contribution in [0, 0.1) is 13.8 Å². The van der Waals surface area contributed by atoms with E-state index >= 15 is 0 Å². The standard InChI is InChI=1S/C22H27N3O2.HI/c1-5-6-14-25-19(26)15-24-13-8-7-12-18(24)22(25,4)21(27)23-20-16(2)10-9-11-17(20)3;/h7-13H,5-6,14-15H2,1-4H3;1H. The summed E-state index contributed by atoms with van der Waals surface area (Å²) >= 11 is 0. The first kappa shape index (κ1) is 22.3. The summed E-state index contributed by atoms with van der Waals surface area (Å²) < 4.78 is 1.88. The molecule has 1 N–H and O–H groups in total. The largest absolute Gasteiger partial charge is 1.00 e. The highest BCUT2D eigenvalue weighted by atomic mass is 127. The Morgan fingerprint density at radius 3 is 2.50 bits per heavy atom.